The summed E-state index contributed by atoms with van der Waals surface area (Å²) < 4.78 is 5.42. The lowest BCUT2D eigenvalue weighted by molar-refractivity contribution is -0.704. The summed E-state index contributed by atoms with van der Waals surface area (Å²) in [6, 6.07) is 11.2. The van der Waals surface area contributed by atoms with Gasteiger partial charge in [0, 0.05) is 6.42 Å². The van der Waals surface area contributed by atoms with Gasteiger partial charge in [0.15, 0.2) is 0 Å². The topological polar surface area (TPSA) is 25.8 Å². The van der Waals surface area contributed by atoms with Crippen LogP contribution in [0.5, 0.6) is 0 Å². The molecule has 70 valence electrons. The third kappa shape index (κ3) is 2.54. The number of benzene rings is 1. The van der Waals surface area contributed by atoms with E-state index in [0.29, 0.717) is 6.04 Å². The highest BCUT2D eigenvalue weighted by atomic mass is 16.5. The van der Waals surface area contributed by atoms with Crippen molar-refractivity contribution in [3.05, 3.63) is 35.9 Å². The van der Waals surface area contributed by atoms with E-state index in [1.807, 2.05) is 0 Å². The van der Waals surface area contributed by atoms with Gasteiger partial charge < -0.3 is 10.1 Å². The van der Waals surface area contributed by atoms with Crippen LogP contribution in [0.4, 0.5) is 0 Å². The molecule has 1 aromatic rings. The summed E-state index contributed by atoms with van der Waals surface area (Å²) in [4.78, 5) is 0. The lowest BCUT2D eigenvalue weighted by Crippen LogP contribution is -2.94. The maximum Gasteiger partial charge on any atom is 0.114 e. The zero-order valence-corrected chi connectivity index (χ0v) is 7.78. The SMILES string of the molecule is c1ccc(C[C@@H]2COCC[NH2+]2)cc1. The Morgan fingerprint density at radius 2 is 2.15 bits per heavy atom. The Morgan fingerprint density at radius 1 is 1.31 bits per heavy atom. The van der Waals surface area contributed by atoms with Crippen LogP contribution in [-0.4, -0.2) is 25.8 Å². The Morgan fingerprint density at radius 3 is 2.85 bits per heavy atom. The fraction of sp³-hybridized carbons (Fsp3) is 0.455. The Labute approximate surface area is 78.9 Å². The van der Waals surface area contributed by atoms with Gasteiger partial charge >= 0.3 is 0 Å². The summed E-state index contributed by atoms with van der Waals surface area (Å²) in [6.07, 6.45) is 1.13. The fourth-order valence-corrected chi connectivity index (χ4v) is 1.75. The molecule has 0 aliphatic carbocycles. The van der Waals surface area contributed by atoms with Crippen molar-refractivity contribution in [3.8, 4) is 0 Å². The van der Waals surface area contributed by atoms with Gasteiger partial charge in [0.2, 0.25) is 0 Å². The molecule has 2 nitrogen and oxygen atoms in total. The molecule has 0 saturated carbocycles. The molecule has 1 aliphatic rings. The van der Waals surface area contributed by atoms with E-state index in [0.717, 1.165) is 26.2 Å². The predicted molar refractivity (Wildman–Crippen MR) is 51.5 cm³/mol. The van der Waals surface area contributed by atoms with Crippen LogP contribution in [0, 0.1) is 0 Å². The molecule has 0 aromatic heterocycles. The summed E-state index contributed by atoms with van der Waals surface area (Å²) >= 11 is 0. The molecule has 0 radical (unpaired) electrons. The molecule has 13 heavy (non-hydrogen) atoms. The monoisotopic (exact) mass is 178 g/mol. The molecule has 1 saturated heterocycles. The third-order valence-electron chi connectivity index (χ3n) is 2.43. The number of quaternary nitrogens is 1. The highest BCUT2D eigenvalue weighted by molar-refractivity contribution is 5.15. The lowest BCUT2D eigenvalue weighted by Gasteiger charge is -2.20. The van der Waals surface area contributed by atoms with E-state index in [1.165, 1.54) is 5.56 Å². The van der Waals surface area contributed by atoms with Crippen molar-refractivity contribution in [2.45, 2.75) is 12.5 Å². The first-order chi connectivity index (χ1) is 6.45. The van der Waals surface area contributed by atoms with Crippen molar-refractivity contribution in [2.75, 3.05) is 19.8 Å². The van der Waals surface area contributed by atoms with Crippen LogP contribution < -0.4 is 5.32 Å². The van der Waals surface area contributed by atoms with Crippen LogP contribution in [0.25, 0.3) is 0 Å². The van der Waals surface area contributed by atoms with Gasteiger partial charge in [-0.05, 0) is 5.56 Å². The van der Waals surface area contributed by atoms with E-state index in [1.54, 1.807) is 0 Å². The molecule has 1 aromatic carbocycles. The van der Waals surface area contributed by atoms with Crippen LogP contribution in [0.2, 0.25) is 0 Å². The van der Waals surface area contributed by atoms with Gasteiger partial charge in [-0.1, -0.05) is 30.3 Å². The van der Waals surface area contributed by atoms with Gasteiger partial charge in [0.1, 0.15) is 6.04 Å². The predicted octanol–water partition coefficient (Wildman–Crippen LogP) is 0.191. The molecular formula is C11H16NO+. The standard InChI is InChI=1S/C11H15NO/c1-2-4-10(5-3-1)8-11-9-13-7-6-12-11/h1-5,11-12H,6-9H2/p+1/t11-/m1/s1. The smallest absolute Gasteiger partial charge is 0.114 e. The number of hydrogen-bond donors (Lipinski definition) is 1. The van der Waals surface area contributed by atoms with E-state index in [9.17, 15) is 0 Å². The molecule has 1 atom stereocenters. The number of nitrogens with two attached hydrogens (primary N) is 1. The van der Waals surface area contributed by atoms with Gasteiger partial charge in [-0.15, -0.1) is 0 Å². The van der Waals surface area contributed by atoms with Crippen molar-refractivity contribution < 1.29 is 10.1 Å². The van der Waals surface area contributed by atoms with Gasteiger partial charge in [0.05, 0.1) is 19.8 Å². The summed E-state index contributed by atoms with van der Waals surface area (Å²) in [7, 11) is 0. The molecule has 0 bridgehead atoms. The zero-order valence-electron chi connectivity index (χ0n) is 7.78. The Balaban J connectivity index is 1.90. The average molecular weight is 178 g/mol. The molecule has 2 N–H and O–H groups in total. The molecule has 1 aliphatic heterocycles. The van der Waals surface area contributed by atoms with Crippen molar-refractivity contribution in [1.82, 2.24) is 0 Å². The minimum absolute atomic E-state index is 0.621. The first-order valence-corrected chi connectivity index (χ1v) is 4.90. The molecule has 1 heterocycles. The highest BCUT2D eigenvalue weighted by Crippen LogP contribution is 2.02. The number of hydrogen-bond acceptors (Lipinski definition) is 1. The third-order valence-corrected chi connectivity index (χ3v) is 2.43. The minimum atomic E-state index is 0.621. The summed E-state index contributed by atoms with van der Waals surface area (Å²) in [6.45, 7) is 2.91. The van der Waals surface area contributed by atoms with Crippen LogP contribution in [-0.2, 0) is 11.2 Å². The molecule has 0 amide bonds. The molecule has 2 rings (SSSR count). The van der Waals surface area contributed by atoms with Crippen molar-refractivity contribution >= 4 is 0 Å². The van der Waals surface area contributed by atoms with Crippen molar-refractivity contribution in [1.29, 1.82) is 0 Å². The summed E-state index contributed by atoms with van der Waals surface area (Å²) in [5.41, 5.74) is 1.41. The maximum absolute atomic E-state index is 5.42. The Hall–Kier alpha value is -0.860. The van der Waals surface area contributed by atoms with E-state index >= 15 is 0 Å². The average Bonchev–Trinajstić information content (AvgIpc) is 2.21. The normalized spacial score (nSPS) is 22.9. The number of rotatable bonds is 2. The van der Waals surface area contributed by atoms with Gasteiger partial charge in [-0.2, -0.15) is 0 Å². The van der Waals surface area contributed by atoms with Crippen molar-refractivity contribution in [3.63, 3.8) is 0 Å². The number of morpholine rings is 1. The summed E-state index contributed by atoms with van der Waals surface area (Å²) in [5.74, 6) is 0. The maximum atomic E-state index is 5.42. The van der Waals surface area contributed by atoms with Crippen LogP contribution in [0.15, 0.2) is 30.3 Å². The second-order valence-corrected chi connectivity index (χ2v) is 3.55. The number of ether oxygens (including phenoxy) is 1. The lowest BCUT2D eigenvalue weighted by atomic mass is 10.1. The van der Waals surface area contributed by atoms with E-state index < -0.39 is 0 Å². The molecule has 0 spiro atoms. The van der Waals surface area contributed by atoms with E-state index in [-0.39, 0.29) is 0 Å². The second kappa shape index (κ2) is 4.40. The van der Waals surface area contributed by atoms with E-state index in [4.69, 9.17) is 4.74 Å². The minimum Gasteiger partial charge on any atom is -0.369 e. The van der Waals surface area contributed by atoms with Crippen molar-refractivity contribution in [2.24, 2.45) is 0 Å². The Kier molecular flexibility index (Phi) is 2.95. The zero-order chi connectivity index (χ0) is 8.93. The first kappa shape index (κ1) is 8.73. The largest absolute Gasteiger partial charge is 0.369 e. The van der Waals surface area contributed by atoms with E-state index in [2.05, 4.69) is 35.6 Å². The Bertz CT molecular complexity index is 242. The fourth-order valence-electron chi connectivity index (χ4n) is 1.75. The van der Waals surface area contributed by atoms with Crippen LogP contribution >= 0.6 is 0 Å². The van der Waals surface area contributed by atoms with Crippen LogP contribution in [0.3, 0.4) is 0 Å². The first-order valence-electron chi connectivity index (χ1n) is 4.90. The van der Waals surface area contributed by atoms with Crippen LogP contribution in [0.1, 0.15) is 5.56 Å². The second-order valence-electron chi connectivity index (χ2n) is 3.55. The molecular weight excluding hydrogens is 162 g/mol. The molecule has 1 fully saturated rings. The van der Waals surface area contributed by atoms with Gasteiger partial charge in [0.25, 0.3) is 0 Å². The summed E-state index contributed by atoms with van der Waals surface area (Å²) in [5, 5.41) is 2.39. The highest BCUT2D eigenvalue weighted by Gasteiger charge is 2.16. The van der Waals surface area contributed by atoms with Gasteiger partial charge in [-0.25, -0.2) is 0 Å². The molecule has 2 heteroatoms. The quantitative estimate of drug-likeness (QED) is 0.687. The molecule has 0 unspecified atom stereocenters. The van der Waals surface area contributed by atoms with Gasteiger partial charge in [-0.3, -0.25) is 0 Å².